The van der Waals surface area contributed by atoms with Crippen molar-refractivity contribution in [1.82, 2.24) is 10.2 Å². The molecule has 0 aliphatic heterocycles. The van der Waals surface area contributed by atoms with Gasteiger partial charge in [-0.3, -0.25) is 9.69 Å². The molecule has 0 unspecified atom stereocenters. The molecule has 0 saturated carbocycles. The van der Waals surface area contributed by atoms with E-state index < -0.39 is 0 Å². The van der Waals surface area contributed by atoms with E-state index >= 15 is 0 Å². The van der Waals surface area contributed by atoms with Crippen LogP contribution in [0.2, 0.25) is 0 Å². The molecule has 14 heavy (non-hydrogen) atoms. The number of nitrogens with one attached hydrogen (secondary N) is 1. The topological polar surface area (TPSA) is 72.8 Å². The molecular formula is C9H20N2O3. The Morgan fingerprint density at radius 1 is 1.36 bits per heavy atom. The molecule has 0 radical (unpaired) electrons. The predicted molar refractivity (Wildman–Crippen MR) is 53.9 cm³/mol. The highest BCUT2D eigenvalue weighted by Gasteiger charge is 2.12. The zero-order valence-corrected chi connectivity index (χ0v) is 8.86. The number of rotatable bonds is 7. The average molecular weight is 204 g/mol. The Bertz CT molecular complexity index is 162. The quantitative estimate of drug-likeness (QED) is 0.487. The van der Waals surface area contributed by atoms with Crippen LogP contribution in [-0.4, -0.2) is 59.9 Å². The molecule has 0 bridgehead atoms. The Balaban J connectivity index is 3.83. The number of carbonyl (C=O) groups is 1. The van der Waals surface area contributed by atoms with Gasteiger partial charge in [-0.2, -0.15) is 0 Å². The zero-order chi connectivity index (χ0) is 11.0. The van der Waals surface area contributed by atoms with Crippen LogP contribution >= 0.6 is 0 Å². The molecule has 84 valence electrons. The summed E-state index contributed by atoms with van der Waals surface area (Å²) in [5, 5.41) is 19.8. The maximum absolute atomic E-state index is 11.2. The van der Waals surface area contributed by atoms with E-state index in [1.807, 2.05) is 18.7 Å². The lowest BCUT2D eigenvalue weighted by Crippen LogP contribution is -2.42. The molecule has 0 aliphatic rings. The highest BCUT2D eigenvalue weighted by Crippen LogP contribution is 1.96. The summed E-state index contributed by atoms with van der Waals surface area (Å²) in [5.74, 6) is -0.124. The monoisotopic (exact) mass is 204 g/mol. The second kappa shape index (κ2) is 7.73. The van der Waals surface area contributed by atoms with Crippen molar-refractivity contribution in [3.63, 3.8) is 0 Å². The Hall–Kier alpha value is -0.650. The van der Waals surface area contributed by atoms with Gasteiger partial charge in [-0.05, 0) is 13.8 Å². The summed E-state index contributed by atoms with van der Waals surface area (Å²) < 4.78 is 0. The summed E-state index contributed by atoms with van der Waals surface area (Å²) >= 11 is 0. The molecule has 0 spiro atoms. The lowest BCUT2D eigenvalue weighted by molar-refractivity contribution is -0.122. The number of carbonyl (C=O) groups excluding carboxylic acids is 1. The number of amides is 1. The van der Waals surface area contributed by atoms with Gasteiger partial charge >= 0.3 is 0 Å². The normalized spacial score (nSPS) is 11.0. The third kappa shape index (κ3) is 5.90. The number of hydrogen-bond donors (Lipinski definition) is 3. The Morgan fingerprint density at radius 3 is 2.43 bits per heavy atom. The van der Waals surface area contributed by atoms with Gasteiger partial charge in [0.25, 0.3) is 0 Å². The third-order valence-corrected chi connectivity index (χ3v) is 1.90. The molecule has 5 nitrogen and oxygen atoms in total. The van der Waals surface area contributed by atoms with Crippen LogP contribution in [0.1, 0.15) is 13.8 Å². The largest absolute Gasteiger partial charge is 0.395 e. The van der Waals surface area contributed by atoms with E-state index in [1.165, 1.54) is 0 Å². The van der Waals surface area contributed by atoms with Gasteiger partial charge in [0.2, 0.25) is 5.91 Å². The van der Waals surface area contributed by atoms with Crippen LogP contribution in [0.4, 0.5) is 0 Å². The maximum Gasteiger partial charge on any atom is 0.234 e. The molecule has 3 N–H and O–H groups in total. The van der Waals surface area contributed by atoms with E-state index in [0.717, 1.165) is 0 Å². The van der Waals surface area contributed by atoms with Crippen LogP contribution in [0.25, 0.3) is 0 Å². The minimum absolute atomic E-state index is 0.0471. The standard InChI is InChI=1S/C9H20N2O3/c1-8(2)11(4-6-13)7-9(14)10-3-5-12/h8,12-13H,3-7H2,1-2H3,(H,10,14). The minimum atomic E-state index is -0.124. The van der Waals surface area contributed by atoms with Gasteiger partial charge < -0.3 is 15.5 Å². The Labute approximate surface area is 84.7 Å². The molecule has 0 fully saturated rings. The maximum atomic E-state index is 11.2. The Kier molecular flexibility index (Phi) is 7.37. The molecule has 5 heteroatoms. The molecular weight excluding hydrogens is 184 g/mol. The summed E-state index contributed by atoms with van der Waals surface area (Å²) in [7, 11) is 0. The fourth-order valence-electron chi connectivity index (χ4n) is 1.08. The second-order valence-corrected chi connectivity index (χ2v) is 3.36. The van der Waals surface area contributed by atoms with Crippen molar-refractivity contribution in [3.05, 3.63) is 0 Å². The summed E-state index contributed by atoms with van der Waals surface area (Å²) in [4.78, 5) is 13.1. The SMILES string of the molecule is CC(C)N(CCO)CC(=O)NCCO. The molecule has 0 aromatic rings. The van der Waals surface area contributed by atoms with Crippen LogP contribution in [0, 0.1) is 0 Å². The van der Waals surface area contributed by atoms with Gasteiger partial charge in [-0.1, -0.05) is 0 Å². The number of hydrogen-bond acceptors (Lipinski definition) is 4. The van der Waals surface area contributed by atoms with Crippen molar-refractivity contribution in [2.24, 2.45) is 0 Å². The van der Waals surface area contributed by atoms with Gasteiger partial charge in [0.05, 0.1) is 19.8 Å². The van der Waals surface area contributed by atoms with E-state index in [9.17, 15) is 4.79 Å². The molecule has 0 rings (SSSR count). The van der Waals surface area contributed by atoms with Gasteiger partial charge in [0.1, 0.15) is 0 Å². The number of nitrogens with zero attached hydrogens (tertiary/aromatic N) is 1. The highest BCUT2D eigenvalue weighted by molar-refractivity contribution is 5.78. The molecule has 1 amide bonds. The van der Waals surface area contributed by atoms with Crippen molar-refractivity contribution in [3.8, 4) is 0 Å². The van der Waals surface area contributed by atoms with E-state index in [1.54, 1.807) is 0 Å². The van der Waals surface area contributed by atoms with Gasteiger partial charge in [-0.25, -0.2) is 0 Å². The minimum Gasteiger partial charge on any atom is -0.395 e. The number of aliphatic hydroxyl groups is 2. The van der Waals surface area contributed by atoms with Gasteiger partial charge in [0.15, 0.2) is 0 Å². The van der Waals surface area contributed by atoms with Crippen molar-refractivity contribution in [1.29, 1.82) is 0 Å². The summed E-state index contributed by atoms with van der Waals surface area (Å²) in [6.07, 6.45) is 0. The summed E-state index contributed by atoms with van der Waals surface area (Å²) in [6.45, 7) is 4.97. The van der Waals surface area contributed by atoms with Crippen molar-refractivity contribution < 1.29 is 15.0 Å². The second-order valence-electron chi connectivity index (χ2n) is 3.36. The van der Waals surface area contributed by atoms with Gasteiger partial charge in [0, 0.05) is 19.1 Å². The lowest BCUT2D eigenvalue weighted by atomic mass is 10.3. The zero-order valence-electron chi connectivity index (χ0n) is 8.86. The lowest BCUT2D eigenvalue weighted by Gasteiger charge is -2.24. The first kappa shape index (κ1) is 13.4. The van der Waals surface area contributed by atoms with E-state index in [4.69, 9.17) is 10.2 Å². The molecule has 0 aromatic carbocycles. The van der Waals surface area contributed by atoms with E-state index in [2.05, 4.69) is 5.32 Å². The molecule has 0 atom stereocenters. The third-order valence-electron chi connectivity index (χ3n) is 1.90. The first-order chi connectivity index (χ1) is 6.61. The van der Waals surface area contributed by atoms with E-state index in [0.29, 0.717) is 6.54 Å². The van der Waals surface area contributed by atoms with Crippen LogP contribution < -0.4 is 5.32 Å². The Morgan fingerprint density at radius 2 is 2.00 bits per heavy atom. The van der Waals surface area contributed by atoms with Crippen LogP contribution in [0.5, 0.6) is 0 Å². The van der Waals surface area contributed by atoms with Crippen LogP contribution in [0.3, 0.4) is 0 Å². The van der Waals surface area contributed by atoms with Gasteiger partial charge in [-0.15, -0.1) is 0 Å². The van der Waals surface area contributed by atoms with Crippen LogP contribution in [0.15, 0.2) is 0 Å². The first-order valence-electron chi connectivity index (χ1n) is 4.84. The predicted octanol–water partition coefficient (Wildman–Crippen LogP) is -1.20. The highest BCUT2D eigenvalue weighted by atomic mass is 16.3. The average Bonchev–Trinajstić information content (AvgIpc) is 2.14. The van der Waals surface area contributed by atoms with Crippen molar-refractivity contribution in [2.45, 2.75) is 19.9 Å². The molecule has 0 saturated heterocycles. The van der Waals surface area contributed by atoms with Crippen LogP contribution in [-0.2, 0) is 4.79 Å². The molecule has 0 aliphatic carbocycles. The molecule has 0 heterocycles. The van der Waals surface area contributed by atoms with Crippen molar-refractivity contribution in [2.75, 3.05) is 32.8 Å². The summed E-state index contributed by atoms with van der Waals surface area (Å²) in [6, 6.07) is 0.224. The molecule has 0 aromatic heterocycles. The fourth-order valence-corrected chi connectivity index (χ4v) is 1.08. The van der Waals surface area contributed by atoms with E-state index in [-0.39, 0.29) is 38.3 Å². The first-order valence-corrected chi connectivity index (χ1v) is 4.84. The number of aliphatic hydroxyl groups excluding tert-OH is 2. The smallest absolute Gasteiger partial charge is 0.234 e. The van der Waals surface area contributed by atoms with Crippen molar-refractivity contribution >= 4 is 5.91 Å². The summed E-state index contributed by atoms with van der Waals surface area (Å²) in [5.41, 5.74) is 0. The fraction of sp³-hybridized carbons (Fsp3) is 0.889.